The van der Waals surface area contributed by atoms with Crippen LogP contribution < -0.4 is 0 Å². The lowest BCUT2D eigenvalue weighted by Gasteiger charge is -2.33. The summed E-state index contributed by atoms with van der Waals surface area (Å²) >= 11 is 0. The molecular formula is C10H14O2. The topological polar surface area (TPSA) is 26.3 Å². The summed E-state index contributed by atoms with van der Waals surface area (Å²) in [6.45, 7) is 0.826. The fourth-order valence-electron chi connectivity index (χ4n) is 2.10. The van der Waals surface area contributed by atoms with Gasteiger partial charge in [0.2, 0.25) is 0 Å². The molecule has 2 nitrogen and oxygen atoms in total. The van der Waals surface area contributed by atoms with Crippen LogP contribution in [-0.4, -0.2) is 19.0 Å². The number of ether oxygens (including phenoxy) is 1. The Morgan fingerprint density at radius 3 is 3.33 bits per heavy atom. The third-order valence-corrected chi connectivity index (χ3v) is 2.74. The van der Waals surface area contributed by atoms with E-state index in [9.17, 15) is 4.79 Å². The molecule has 0 aromatic heterocycles. The first kappa shape index (κ1) is 7.99. The van der Waals surface area contributed by atoms with Crippen LogP contribution in [-0.2, 0) is 9.53 Å². The van der Waals surface area contributed by atoms with Gasteiger partial charge in [-0.15, -0.1) is 0 Å². The average molecular weight is 166 g/mol. The Balaban J connectivity index is 2.15. The summed E-state index contributed by atoms with van der Waals surface area (Å²) in [5.41, 5.74) is 1.37. The van der Waals surface area contributed by atoms with Gasteiger partial charge in [0.25, 0.3) is 0 Å². The second-order valence-corrected chi connectivity index (χ2v) is 3.55. The number of carbonyl (C=O) groups is 1. The van der Waals surface area contributed by atoms with Crippen molar-refractivity contribution in [1.82, 2.24) is 0 Å². The van der Waals surface area contributed by atoms with Crippen molar-refractivity contribution in [3.8, 4) is 0 Å². The summed E-state index contributed by atoms with van der Waals surface area (Å²) in [4.78, 5) is 10.7. The van der Waals surface area contributed by atoms with E-state index in [4.69, 9.17) is 4.74 Å². The molecule has 12 heavy (non-hydrogen) atoms. The van der Waals surface area contributed by atoms with Crippen LogP contribution in [0, 0.1) is 5.92 Å². The van der Waals surface area contributed by atoms with Crippen molar-refractivity contribution in [3.05, 3.63) is 11.6 Å². The molecule has 2 aliphatic rings. The molecule has 0 spiro atoms. The molecule has 0 radical (unpaired) electrons. The first-order valence-corrected chi connectivity index (χ1v) is 4.67. The normalized spacial score (nSPS) is 35.2. The molecule has 0 N–H and O–H groups in total. The monoisotopic (exact) mass is 166 g/mol. The molecule has 0 saturated carbocycles. The number of allylic oxidation sites excluding steroid dienone is 1. The maximum Gasteiger partial charge on any atom is 0.126 e. The fraction of sp³-hybridized carbons (Fsp3) is 0.700. The van der Waals surface area contributed by atoms with Gasteiger partial charge in [-0.3, -0.25) is 0 Å². The molecule has 1 heterocycles. The molecule has 1 fully saturated rings. The van der Waals surface area contributed by atoms with Gasteiger partial charge in [-0.05, 0) is 31.3 Å². The molecular weight excluding hydrogens is 152 g/mol. The van der Waals surface area contributed by atoms with Gasteiger partial charge in [0.15, 0.2) is 0 Å². The molecule has 0 amide bonds. The van der Waals surface area contributed by atoms with Crippen LogP contribution in [0.25, 0.3) is 0 Å². The maximum absolute atomic E-state index is 10.7. The Hall–Kier alpha value is -0.630. The fourth-order valence-corrected chi connectivity index (χ4v) is 2.10. The summed E-state index contributed by atoms with van der Waals surface area (Å²) in [6, 6.07) is 0. The Morgan fingerprint density at radius 1 is 1.58 bits per heavy atom. The van der Waals surface area contributed by atoms with Crippen LogP contribution in [0.15, 0.2) is 11.6 Å². The Labute approximate surface area is 72.6 Å². The van der Waals surface area contributed by atoms with E-state index in [1.54, 1.807) is 0 Å². The van der Waals surface area contributed by atoms with Crippen molar-refractivity contribution in [3.63, 3.8) is 0 Å². The average Bonchev–Trinajstić information content (AvgIpc) is 2.17. The van der Waals surface area contributed by atoms with Gasteiger partial charge in [0.1, 0.15) is 6.29 Å². The molecule has 2 heteroatoms. The van der Waals surface area contributed by atoms with E-state index in [0.29, 0.717) is 0 Å². The molecule has 1 aliphatic heterocycles. The number of aldehydes is 1. The zero-order valence-electron chi connectivity index (χ0n) is 7.16. The van der Waals surface area contributed by atoms with Crippen LogP contribution in [0.1, 0.15) is 25.7 Å². The van der Waals surface area contributed by atoms with Crippen LogP contribution in [0.4, 0.5) is 0 Å². The highest BCUT2D eigenvalue weighted by molar-refractivity contribution is 5.56. The standard InChI is InChI=1S/C10H14O2/c11-7-9-4-1-3-8-5-2-6-12-10(8)9/h3,7,9-10H,1-2,4-6H2. The SMILES string of the molecule is O=CC1CCC=C2CCCOC21. The Kier molecular flexibility index (Phi) is 2.26. The lowest BCUT2D eigenvalue weighted by atomic mass is 9.83. The second-order valence-electron chi connectivity index (χ2n) is 3.55. The lowest BCUT2D eigenvalue weighted by molar-refractivity contribution is -0.116. The minimum Gasteiger partial charge on any atom is -0.373 e. The predicted octanol–water partition coefficient (Wildman–Crippen LogP) is 1.70. The summed E-state index contributed by atoms with van der Waals surface area (Å²) in [7, 11) is 0. The van der Waals surface area contributed by atoms with Crippen molar-refractivity contribution in [1.29, 1.82) is 0 Å². The third kappa shape index (κ3) is 1.31. The second kappa shape index (κ2) is 3.40. The highest BCUT2D eigenvalue weighted by Gasteiger charge is 2.30. The van der Waals surface area contributed by atoms with Gasteiger partial charge in [0.05, 0.1) is 6.10 Å². The molecule has 2 rings (SSSR count). The summed E-state index contributed by atoms with van der Waals surface area (Å²) < 4.78 is 5.59. The van der Waals surface area contributed by atoms with Crippen molar-refractivity contribution in [2.45, 2.75) is 31.8 Å². The van der Waals surface area contributed by atoms with Gasteiger partial charge in [-0.25, -0.2) is 0 Å². The maximum atomic E-state index is 10.7. The van der Waals surface area contributed by atoms with Crippen LogP contribution in [0.3, 0.4) is 0 Å². The smallest absolute Gasteiger partial charge is 0.126 e. The Bertz CT molecular complexity index is 208. The highest BCUT2D eigenvalue weighted by atomic mass is 16.5. The van der Waals surface area contributed by atoms with Crippen LogP contribution >= 0.6 is 0 Å². The molecule has 0 aromatic carbocycles. The summed E-state index contributed by atoms with van der Waals surface area (Å²) in [5, 5.41) is 0. The van der Waals surface area contributed by atoms with Gasteiger partial charge in [0, 0.05) is 12.5 Å². The first-order chi connectivity index (χ1) is 5.92. The molecule has 2 unspecified atom stereocenters. The van der Waals surface area contributed by atoms with Crippen molar-refractivity contribution >= 4 is 6.29 Å². The van der Waals surface area contributed by atoms with E-state index in [1.165, 1.54) is 5.57 Å². The van der Waals surface area contributed by atoms with Crippen molar-refractivity contribution in [2.75, 3.05) is 6.61 Å². The van der Waals surface area contributed by atoms with Crippen molar-refractivity contribution < 1.29 is 9.53 Å². The van der Waals surface area contributed by atoms with E-state index in [0.717, 1.165) is 38.6 Å². The first-order valence-electron chi connectivity index (χ1n) is 4.67. The van der Waals surface area contributed by atoms with E-state index in [2.05, 4.69) is 6.08 Å². The quantitative estimate of drug-likeness (QED) is 0.438. The van der Waals surface area contributed by atoms with Gasteiger partial charge < -0.3 is 9.53 Å². The van der Waals surface area contributed by atoms with Crippen LogP contribution in [0.5, 0.6) is 0 Å². The number of carbonyl (C=O) groups excluding carboxylic acids is 1. The van der Waals surface area contributed by atoms with Gasteiger partial charge in [-0.2, -0.15) is 0 Å². The van der Waals surface area contributed by atoms with Gasteiger partial charge in [-0.1, -0.05) is 6.08 Å². The van der Waals surface area contributed by atoms with Gasteiger partial charge >= 0.3 is 0 Å². The lowest BCUT2D eigenvalue weighted by Crippen LogP contribution is -2.33. The van der Waals surface area contributed by atoms with E-state index in [1.807, 2.05) is 0 Å². The molecule has 66 valence electrons. The molecule has 0 bridgehead atoms. The zero-order chi connectivity index (χ0) is 8.39. The summed E-state index contributed by atoms with van der Waals surface area (Å²) in [6.07, 6.45) is 7.72. The number of rotatable bonds is 1. The number of fused-ring (bicyclic) bond motifs is 1. The van der Waals surface area contributed by atoms with E-state index in [-0.39, 0.29) is 12.0 Å². The number of hydrogen-bond donors (Lipinski definition) is 0. The largest absolute Gasteiger partial charge is 0.373 e. The Morgan fingerprint density at radius 2 is 2.50 bits per heavy atom. The van der Waals surface area contributed by atoms with E-state index >= 15 is 0 Å². The molecule has 1 aliphatic carbocycles. The third-order valence-electron chi connectivity index (χ3n) is 2.74. The van der Waals surface area contributed by atoms with E-state index < -0.39 is 0 Å². The molecule has 1 saturated heterocycles. The molecule has 2 atom stereocenters. The van der Waals surface area contributed by atoms with Crippen molar-refractivity contribution in [2.24, 2.45) is 5.92 Å². The summed E-state index contributed by atoms with van der Waals surface area (Å²) in [5.74, 6) is 0.130. The van der Waals surface area contributed by atoms with Crippen LogP contribution in [0.2, 0.25) is 0 Å². The number of hydrogen-bond acceptors (Lipinski definition) is 2. The minimum absolute atomic E-state index is 0.130. The molecule has 0 aromatic rings. The highest BCUT2D eigenvalue weighted by Crippen LogP contribution is 2.31. The zero-order valence-corrected chi connectivity index (χ0v) is 7.16. The predicted molar refractivity (Wildman–Crippen MR) is 45.8 cm³/mol. The minimum atomic E-state index is 0.130.